The molecule has 0 aliphatic rings. The molecule has 4 aromatic rings. The zero-order valence-electron chi connectivity index (χ0n) is 17.1. The number of carbonyl (C=O) groups excluding carboxylic acids is 1. The minimum absolute atomic E-state index is 0.258. The van der Waals surface area contributed by atoms with E-state index in [2.05, 4.69) is 37.7 Å². The van der Waals surface area contributed by atoms with Gasteiger partial charge in [0.2, 0.25) is 0 Å². The Morgan fingerprint density at radius 2 is 2.03 bits per heavy atom. The Hall–Kier alpha value is -3.81. The normalized spacial score (nSPS) is 10.9. The Labute approximate surface area is 173 Å². The zero-order chi connectivity index (χ0) is 21.1. The number of nitrogens with one attached hydrogen (secondary N) is 1. The van der Waals surface area contributed by atoms with Crippen LogP contribution in [0.3, 0.4) is 0 Å². The maximum atomic E-state index is 12.5. The number of aryl methyl sites for hydroxylation is 2. The number of aromatic nitrogens is 5. The van der Waals surface area contributed by atoms with Crippen molar-refractivity contribution < 1.29 is 9.53 Å². The van der Waals surface area contributed by atoms with Gasteiger partial charge >= 0.3 is 0 Å². The van der Waals surface area contributed by atoms with Crippen molar-refractivity contribution in [1.29, 1.82) is 0 Å². The van der Waals surface area contributed by atoms with Crippen molar-refractivity contribution in [2.24, 2.45) is 0 Å². The monoisotopic (exact) mass is 402 g/mol. The Kier molecular flexibility index (Phi) is 5.38. The summed E-state index contributed by atoms with van der Waals surface area (Å²) in [4.78, 5) is 21.3. The summed E-state index contributed by atoms with van der Waals surface area (Å²) in [6.45, 7) is 4.66. The third-order valence-electron chi connectivity index (χ3n) is 4.88. The summed E-state index contributed by atoms with van der Waals surface area (Å²) in [5, 5.41) is 12.0. The maximum Gasteiger partial charge on any atom is 0.273 e. The molecule has 0 aliphatic heterocycles. The second-order valence-electron chi connectivity index (χ2n) is 7.04. The van der Waals surface area contributed by atoms with Crippen molar-refractivity contribution in [1.82, 2.24) is 30.3 Å². The van der Waals surface area contributed by atoms with E-state index in [1.807, 2.05) is 32.0 Å². The van der Waals surface area contributed by atoms with Gasteiger partial charge in [0.1, 0.15) is 5.75 Å². The Morgan fingerprint density at radius 1 is 1.17 bits per heavy atom. The van der Waals surface area contributed by atoms with Crippen LogP contribution in [0, 0.1) is 13.8 Å². The molecular formula is C22H22N6O2. The predicted octanol–water partition coefficient (Wildman–Crippen LogP) is 2.83. The van der Waals surface area contributed by atoms with Crippen LogP contribution in [0.1, 0.15) is 33.0 Å². The van der Waals surface area contributed by atoms with Crippen LogP contribution in [0.15, 0.2) is 48.8 Å². The topological polar surface area (TPSA) is 94.8 Å². The van der Waals surface area contributed by atoms with Gasteiger partial charge in [-0.05, 0) is 43.7 Å². The number of ether oxygens (including phenoxy) is 1. The molecule has 0 bridgehead atoms. The number of rotatable bonds is 6. The largest absolute Gasteiger partial charge is 0.496 e. The summed E-state index contributed by atoms with van der Waals surface area (Å²) in [5.74, 6) is 0.386. The molecule has 4 rings (SSSR count). The van der Waals surface area contributed by atoms with Crippen molar-refractivity contribution in [3.05, 3.63) is 77.0 Å². The molecule has 0 spiro atoms. The molecule has 152 valence electrons. The third kappa shape index (κ3) is 4.12. The van der Waals surface area contributed by atoms with Gasteiger partial charge in [-0.2, -0.15) is 0 Å². The fourth-order valence-electron chi connectivity index (χ4n) is 3.28. The van der Waals surface area contributed by atoms with Crippen LogP contribution < -0.4 is 10.1 Å². The highest BCUT2D eigenvalue weighted by molar-refractivity contribution is 5.91. The van der Waals surface area contributed by atoms with E-state index >= 15 is 0 Å². The lowest BCUT2D eigenvalue weighted by molar-refractivity contribution is 0.0945. The summed E-state index contributed by atoms with van der Waals surface area (Å²) in [5.41, 5.74) is 4.90. The number of hydrogen-bond donors (Lipinski definition) is 1. The highest BCUT2D eigenvalue weighted by Gasteiger charge is 2.14. The molecule has 0 aliphatic carbocycles. The highest BCUT2D eigenvalue weighted by Crippen LogP contribution is 2.19. The fraction of sp³-hybridized carbons (Fsp3) is 0.227. The first-order chi connectivity index (χ1) is 14.5. The van der Waals surface area contributed by atoms with Crippen molar-refractivity contribution in [2.45, 2.75) is 26.9 Å². The minimum atomic E-state index is -0.301. The summed E-state index contributed by atoms with van der Waals surface area (Å²) >= 11 is 0. The molecule has 1 amide bonds. The molecule has 30 heavy (non-hydrogen) atoms. The lowest BCUT2D eigenvalue weighted by Crippen LogP contribution is -2.24. The van der Waals surface area contributed by atoms with Gasteiger partial charge in [0, 0.05) is 35.1 Å². The lowest BCUT2D eigenvalue weighted by Gasteiger charge is -2.11. The molecule has 3 heterocycles. The van der Waals surface area contributed by atoms with Gasteiger partial charge in [-0.25, -0.2) is 4.68 Å². The second kappa shape index (κ2) is 8.28. The van der Waals surface area contributed by atoms with Gasteiger partial charge < -0.3 is 10.1 Å². The minimum Gasteiger partial charge on any atom is -0.496 e. The number of fused-ring (bicyclic) bond motifs is 1. The molecule has 1 N–H and O–H groups in total. The average Bonchev–Trinajstić information content (AvgIpc) is 3.21. The number of methoxy groups -OCH3 is 1. The first-order valence-electron chi connectivity index (χ1n) is 9.56. The van der Waals surface area contributed by atoms with Crippen LogP contribution in [-0.4, -0.2) is 38.0 Å². The van der Waals surface area contributed by atoms with E-state index in [1.54, 1.807) is 30.3 Å². The SMILES string of the molecule is COc1ccnc(C)c1CNC(=O)c1cn(Cc2ccc3nc(C)ccc3c2)nn1. The van der Waals surface area contributed by atoms with Gasteiger partial charge in [0.25, 0.3) is 5.91 Å². The quantitative estimate of drug-likeness (QED) is 0.533. The first-order valence-corrected chi connectivity index (χ1v) is 9.56. The molecule has 8 nitrogen and oxygen atoms in total. The van der Waals surface area contributed by atoms with Crippen LogP contribution >= 0.6 is 0 Å². The molecule has 1 aromatic carbocycles. The molecule has 0 saturated heterocycles. The van der Waals surface area contributed by atoms with Gasteiger partial charge in [0.15, 0.2) is 5.69 Å². The third-order valence-corrected chi connectivity index (χ3v) is 4.88. The van der Waals surface area contributed by atoms with Crippen LogP contribution in [0.25, 0.3) is 10.9 Å². The van der Waals surface area contributed by atoms with Gasteiger partial charge in [-0.3, -0.25) is 14.8 Å². The predicted molar refractivity (Wildman–Crippen MR) is 112 cm³/mol. The van der Waals surface area contributed by atoms with Crippen molar-refractivity contribution >= 4 is 16.8 Å². The first kappa shape index (κ1) is 19.5. The standard InChI is InChI=1S/C22H22N6O2/c1-14-4-6-17-10-16(5-7-19(17)25-14)12-28-13-20(26-27-28)22(29)24-11-18-15(2)23-9-8-21(18)30-3/h4-10,13H,11-12H2,1-3H3,(H,24,29). The summed E-state index contributed by atoms with van der Waals surface area (Å²) in [6.07, 6.45) is 3.31. The van der Waals surface area contributed by atoms with Gasteiger partial charge in [0.05, 0.1) is 25.4 Å². The number of amides is 1. The maximum absolute atomic E-state index is 12.5. The average molecular weight is 402 g/mol. The van der Waals surface area contributed by atoms with E-state index in [0.717, 1.165) is 33.4 Å². The second-order valence-corrected chi connectivity index (χ2v) is 7.04. The van der Waals surface area contributed by atoms with Gasteiger partial charge in [-0.15, -0.1) is 5.10 Å². The number of nitrogens with zero attached hydrogens (tertiary/aromatic N) is 5. The smallest absolute Gasteiger partial charge is 0.273 e. The van der Waals surface area contributed by atoms with Crippen LogP contribution in [0.5, 0.6) is 5.75 Å². The Morgan fingerprint density at radius 3 is 2.87 bits per heavy atom. The lowest BCUT2D eigenvalue weighted by atomic mass is 10.1. The van der Waals surface area contributed by atoms with E-state index in [4.69, 9.17) is 4.74 Å². The van der Waals surface area contributed by atoms with E-state index in [0.29, 0.717) is 18.8 Å². The van der Waals surface area contributed by atoms with Crippen molar-refractivity contribution in [2.75, 3.05) is 7.11 Å². The van der Waals surface area contributed by atoms with Gasteiger partial charge in [-0.1, -0.05) is 17.3 Å². The summed E-state index contributed by atoms with van der Waals surface area (Å²) < 4.78 is 6.99. The highest BCUT2D eigenvalue weighted by atomic mass is 16.5. The zero-order valence-corrected chi connectivity index (χ0v) is 17.1. The number of pyridine rings is 2. The molecule has 0 unspecified atom stereocenters. The van der Waals surface area contributed by atoms with E-state index in [9.17, 15) is 4.79 Å². The molecular weight excluding hydrogens is 380 g/mol. The van der Waals surface area contributed by atoms with Crippen molar-refractivity contribution in [3.63, 3.8) is 0 Å². The van der Waals surface area contributed by atoms with Crippen LogP contribution in [0.4, 0.5) is 0 Å². The van der Waals surface area contributed by atoms with Crippen LogP contribution in [-0.2, 0) is 13.1 Å². The number of carbonyl (C=O) groups is 1. The Bertz CT molecular complexity index is 1220. The van der Waals surface area contributed by atoms with Crippen molar-refractivity contribution in [3.8, 4) is 5.75 Å². The molecule has 0 atom stereocenters. The fourth-order valence-corrected chi connectivity index (χ4v) is 3.28. The number of hydrogen-bond acceptors (Lipinski definition) is 6. The molecule has 3 aromatic heterocycles. The molecule has 0 saturated carbocycles. The molecule has 0 fully saturated rings. The Balaban J connectivity index is 1.44. The molecule has 0 radical (unpaired) electrons. The molecule has 8 heteroatoms. The van der Waals surface area contributed by atoms with E-state index < -0.39 is 0 Å². The number of benzene rings is 1. The van der Waals surface area contributed by atoms with Crippen LogP contribution in [0.2, 0.25) is 0 Å². The van der Waals surface area contributed by atoms with E-state index in [-0.39, 0.29) is 11.6 Å². The summed E-state index contributed by atoms with van der Waals surface area (Å²) in [6, 6.07) is 11.9. The van der Waals surface area contributed by atoms with E-state index in [1.165, 1.54) is 0 Å². The summed E-state index contributed by atoms with van der Waals surface area (Å²) in [7, 11) is 1.59.